The lowest BCUT2D eigenvalue weighted by Gasteiger charge is -2.40. The molecular weight excluding hydrogens is 727 g/mol. The summed E-state index contributed by atoms with van der Waals surface area (Å²) >= 11 is 0. The molecular formula is C46H91NO10. The monoisotopic (exact) mass is 818 g/mol. The van der Waals surface area contributed by atoms with E-state index in [-0.39, 0.29) is 6.42 Å². The van der Waals surface area contributed by atoms with E-state index in [1.165, 1.54) is 141 Å². The predicted octanol–water partition coefficient (Wildman–Crippen LogP) is 7.89. The van der Waals surface area contributed by atoms with Gasteiger partial charge in [0.05, 0.1) is 25.4 Å². The van der Waals surface area contributed by atoms with Gasteiger partial charge >= 0.3 is 0 Å². The number of hydrogen-bond donors (Lipinski definition) is 8. The Morgan fingerprint density at radius 1 is 0.544 bits per heavy atom. The summed E-state index contributed by atoms with van der Waals surface area (Å²) in [6.07, 6.45) is 25.9. The minimum absolute atomic E-state index is 0.266. The van der Waals surface area contributed by atoms with Gasteiger partial charge in [0.2, 0.25) is 5.91 Å². The van der Waals surface area contributed by atoms with Crippen LogP contribution in [0.2, 0.25) is 0 Å². The number of nitrogens with one attached hydrogen (secondary N) is 1. The van der Waals surface area contributed by atoms with Gasteiger partial charge in [-0.25, -0.2) is 0 Å². The first-order chi connectivity index (χ1) is 27.7. The van der Waals surface area contributed by atoms with Crippen molar-refractivity contribution in [1.29, 1.82) is 0 Å². The molecule has 11 heteroatoms. The average molecular weight is 818 g/mol. The van der Waals surface area contributed by atoms with E-state index < -0.39 is 74.2 Å². The molecule has 0 unspecified atom stereocenters. The van der Waals surface area contributed by atoms with Crippen molar-refractivity contribution in [2.24, 2.45) is 0 Å². The van der Waals surface area contributed by atoms with Gasteiger partial charge in [0, 0.05) is 0 Å². The fourth-order valence-electron chi connectivity index (χ4n) is 7.91. The van der Waals surface area contributed by atoms with Crippen molar-refractivity contribution in [2.75, 3.05) is 13.2 Å². The fourth-order valence-corrected chi connectivity index (χ4v) is 7.91. The quantitative estimate of drug-likeness (QED) is 0.0283. The number of carbonyl (C=O) groups is 1. The number of aliphatic hydroxyl groups excluding tert-OH is 7. The predicted molar refractivity (Wildman–Crippen MR) is 229 cm³/mol. The summed E-state index contributed by atoms with van der Waals surface area (Å²) in [4.78, 5) is 13.1. The summed E-state index contributed by atoms with van der Waals surface area (Å²) in [6.45, 7) is 3.43. The smallest absolute Gasteiger partial charge is 0.249 e. The number of rotatable bonds is 40. The molecule has 0 spiro atoms. The molecule has 340 valence electrons. The fraction of sp³-hybridized carbons (Fsp3) is 0.978. The molecule has 1 fully saturated rings. The molecule has 1 aliphatic heterocycles. The molecule has 8 N–H and O–H groups in total. The third-order valence-electron chi connectivity index (χ3n) is 11.9. The van der Waals surface area contributed by atoms with Crippen LogP contribution in [0.1, 0.15) is 219 Å². The van der Waals surface area contributed by atoms with E-state index in [0.29, 0.717) is 19.3 Å². The normalized spacial score (nSPS) is 22.0. The second kappa shape index (κ2) is 36.9. The molecule has 0 aromatic carbocycles. The van der Waals surface area contributed by atoms with Gasteiger partial charge in [-0.05, 0) is 12.8 Å². The van der Waals surface area contributed by atoms with E-state index in [0.717, 1.165) is 38.5 Å². The molecule has 1 aliphatic rings. The molecule has 9 atom stereocenters. The van der Waals surface area contributed by atoms with Crippen molar-refractivity contribution in [3.05, 3.63) is 0 Å². The molecule has 0 aromatic rings. The third kappa shape index (κ3) is 26.8. The Labute approximate surface area is 348 Å². The van der Waals surface area contributed by atoms with Crippen LogP contribution in [0.4, 0.5) is 0 Å². The van der Waals surface area contributed by atoms with E-state index in [1.54, 1.807) is 0 Å². The van der Waals surface area contributed by atoms with Crippen LogP contribution in [0.3, 0.4) is 0 Å². The molecule has 1 heterocycles. The molecule has 0 radical (unpaired) electrons. The van der Waals surface area contributed by atoms with E-state index in [1.807, 2.05) is 0 Å². The summed E-state index contributed by atoms with van der Waals surface area (Å²) in [5.41, 5.74) is 0. The SMILES string of the molecule is CCCCCCCCCCCCCCCCCCCCCC[C@@H](O)C(=O)N[C@@H](CO[C@H]1O[C@@H](CO)[C@H](O)[C@H](O)[C@@H]1O)[C@H](O)[C@H](O)CCCCCCCCCCCC. The number of aliphatic hydroxyl groups is 7. The summed E-state index contributed by atoms with van der Waals surface area (Å²) in [6, 6.07) is -1.16. The minimum Gasteiger partial charge on any atom is -0.394 e. The lowest BCUT2D eigenvalue weighted by Crippen LogP contribution is -2.60. The molecule has 0 aliphatic carbocycles. The number of carbonyl (C=O) groups excluding carboxylic acids is 1. The summed E-state index contributed by atoms with van der Waals surface area (Å²) < 4.78 is 11.1. The van der Waals surface area contributed by atoms with Gasteiger partial charge in [0.1, 0.15) is 36.6 Å². The van der Waals surface area contributed by atoms with Crippen molar-refractivity contribution in [3.8, 4) is 0 Å². The number of amides is 1. The van der Waals surface area contributed by atoms with Crippen molar-refractivity contribution in [2.45, 2.75) is 274 Å². The first-order valence-corrected chi connectivity index (χ1v) is 23.9. The highest BCUT2D eigenvalue weighted by atomic mass is 16.7. The van der Waals surface area contributed by atoms with Gasteiger partial charge < -0.3 is 50.5 Å². The molecule has 57 heavy (non-hydrogen) atoms. The zero-order chi connectivity index (χ0) is 41.9. The van der Waals surface area contributed by atoms with E-state index in [9.17, 15) is 40.5 Å². The number of hydrogen-bond acceptors (Lipinski definition) is 10. The van der Waals surface area contributed by atoms with Crippen molar-refractivity contribution >= 4 is 5.91 Å². The minimum atomic E-state index is -1.65. The summed E-state index contributed by atoms with van der Waals surface area (Å²) in [5, 5.41) is 75.6. The number of unbranched alkanes of at least 4 members (excludes halogenated alkanes) is 28. The molecule has 1 rings (SSSR count). The largest absolute Gasteiger partial charge is 0.394 e. The van der Waals surface area contributed by atoms with Crippen LogP contribution < -0.4 is 5.32 Å². The Morgan fingerprint density at radius 3 is 1.30 bits per heavy atom. The maximum atomic E-state index is 13.1. The van der Waals surface area contributed by atoms with E-state index >= 15 is 0 Å². The third-order valence-corrected chi connectivity index (χ3v) is 11.9. The van der Waals surface area contributed by atoms with Crippen LogP contribution in [-0.4, -0.2) is 110 Å². The van der Waals surface area contributed by atoms with Crippen molar-refractivity contribution < 1.29 is 50.0 Å². The van der Waals surface area contributed by atoms with Crippen LogP contribution in [0.15, 0.2) is 0 Å². The Balaban J connectivity index is 2.37. The summed E-state index contributed by atoms with van der Waals surface area (Å²) in [5.74, 6) is -0.694. The van der Waals surface area contributed by atoms with Crippen LogP contribution in [0.5, 0.6) is 0 Å². The average Bonchev–Trinajstić information content (AvgIpc) is 3.21. The molecule has 1 saturated heterocycles. The lowest BCUT2D eigenvalue weighted by atomic mass is 9.98. The molecule has 0 aromatic heterocycles. The maximum Gasteiger partial charge on any atom is 0.249 e. The first kappa shape index (κ1) is 54.1. The standard InChI is InChI=1S/C46H91NO10/c1-3-5-7-9-11-13-15-16-17-18-19-20-21-22-23-24-26-28-30-32-34-39(50)45(55)47-37(36-56-46-44(54)43(53)42(52)40(35-48)57-46)41(51)38(49)33-31-29-27-25-14-12-10-8-6-4-2/h37-44,46,48-54H,3-36H2,1-2H3,(H,47,55)/t37-,38+,39+,40-,41-,42-,43-,44-,46-/m0/s1. The Hall–Kier alpha value is -0.890. The van der Waals surface area contributed by atoms with Crippen LogP contribution in [-0.2, 0) is 14.3 Å². The highest BCUT2D eigenvalue weighted by Crippen LogP contribution is 2.23. The van der Waals surface area contributed by atoms with Crippen molar-refractivity contribution in [3.63, 3.8) is 0 Å². The van der Waals surface area contributed by atoms with E-state index in [2.05, 4.69) is 19.2 Å². The molecule has 1 amide bonds. The Bertz CT molecular complexity index is 897. The van der Waals surface area contributed by atoms with Crippen molar-refractivity contribution in [1.82, 2.24) is 5.32 Å². The Kier molecular flexibility index (Phi) is 35.1. The first-order valence-electron chi connectivity index (χ1n) is 23.9. The number of ether oxygens (including phenoxy) is 2. The zero-order valence-corrected chi connectivity index (χ0v) is 36.6. The van der Waals surface area contributed by atoms with Gasteiger partial charge in [0.15, 0.2) is 6.29 Å². The zero-order valence-electron chi connectivity index (χ0n) is 36.6. The molecule has 11 nitrogen and oxygen atoms in total. The topological polar surface area (TPSA) is 189 Å². The van der Waals surface area contributed by atoms with Gasteiger partial charge in [-0.2, -0.15) is 0 Å². The highest BCUT2D eigenvalue weighted by molar-refractivity contribution is 5.80. The second-order valence-electron chi connectivity index (χ2n) is 17.2. The molecule has 0 bridgehead atoms. The van der Waals surface area contributed by atoms with Crippen LogP contribution >= 0.6 is 0 Å². The van der Waals surface area contributed by atoms with Gasteiger partial charge in [-0.15, -0.1) is 0 Å². The van der Waals surface area contributed by atoms with Gasteiger partial charge in [-0.3, -0.25) is 4.79 Å². The van der Waals surface area contributed by atoms with Crippen LogP contribution in [0.25, 0.3) is 0 Å². The maximum absolute atomic E-state index is 13.1. The Morgan fingerprint density at radius 2 is 0.912 bits per heavy atom. The van der Waals surface area contributed by atoms with E-state index in [4.69, 9.17) is 9.47 Å². The molecule has 0 saturated carbocycles. The van der Waals surface area contributed by atoms with Crippen LogP contribution in [0, 0.1) is 0 Å². The van der Waals surface area contributed by atoms with Gasteiger partial charge in [0.25, 0.3) is 0 Å². The van der Waals surface area contributed by atoms with Gasteiger partial charge in [-0.1, -0.05) is 206 Å². The second-order valence-corrected chi connectivity index (χ2v) is 17.2. The lowest BCUT2D eigenvalue weighted by molar-refractivity contribution is -0.303. The summed E-state index contributed by atoms with van der Waals surface area (Å²) in [7, 11) is 0. The highest BCUT2D eigenvalue weighted by Gasteiger charge is 2.44.